The van der Waals surface area contributed by atoms with Crippen LogP contribution in [0.2, 0.25) is 0 Å². The number of hydrogen-bond acceptors (Lipinski definition) is 4. The van der Waals surface area contributed by atoms with Gasteiger partial charge in [0, 0.05) is 37.2 Å². The average molecular weight is 347 g/mol. The van der Waals surface area contributed by atoms with Crippen molar-refractivity contribution >= 4 is 22.4 Å². The molecule has 0 saturated carbocycles. The van der Waals surface area contributed by atoms with E-state index in [4.69, 9.17) is 5.10 Å². The molecular weight excluding hydrogens is 329 g/mol. The van der Waals surface area contributed by atoms with Gasteiger partial charge in [0.15, 0.2) is 5.65 Å². The predicted molar refractivity (Wildman–Crippen MR) is 98.9 cm³/mol. The van der Waals surface area contributed by atoms with Gasteiger partial charge < -0.3 is 4.90 Å². The second-order valence-corrected chi connectivity index (χ2v) is 6.72. The average Bonchev–Trinajstić information content (AvgIpc) is 3.32. The summed E-state index contributed by atoms with van der Waals surface area (Å²) in [5, 5.41) is 5.68. The Labute approximate surface area is 150 Å². The molecule has 0 aliphatic carbocycles. The van der Waals surface area contributed by atoms with Crippen LogP contribution >= 0.6 is 0 Å². The highest BCUT2D eigenvalue weighted by Gasteiger charge is 2.16. The van der Waals surface area contributed by atoms with Gasteiger partial charge in [0.1, 0.15) is 11.6 Å². The van der Waals surface area contributed by atoms with Crippen molar-refractivity contribution in [3.8, 4) is 0 Å². The van der Waals surface area contributed by atoms with Crippen LogP contribution in [0.1, 0.15) is 24.1 Å². The fraction of sp³-hybridized carbons (Fsp3) is 0.250. The highest BCUT2D eigenvalue weighted by Crippen LogP contribution is 2.22. The molecule has 0 bridgehead atoms. The van der Waals surface area contributed by atoms with Gasteiger partial charge in [0.05, 0.1) is 17.4 Å². The molecule has 0 spiro atoms. The van der Waals surface area contributed by atoms with Crippen molar-refractivity contribution in [3.05, 3.63) is 65.9 Å². The van der Waals surface area contributed by atoms with Crippen molar-refractivity contribution in [1.82, 2.24) is 19.6 Å². The van der Waals surface area contributed by atoms with Crippen LogP contribution in [-0.2, 0) is 6.42 Å². The van der Waals surface area contributed by atoms with E-state index in [-0.39, 0.29) is 5.82 Å². The monoisotopic (exact) mass is 347 g/mol. The number of imidazole rings is 1. The number of benzene rings is 1. The smallest absolute Gasteiger partial charge is 0.153 e. The van der Waals surface area contributed by atoms with E-state index in [1.165, 1.54) is 18.9 Å². The molecule has 0 unspecified atom stereocenters. The summed E-state index contributed by atoms with van der Waals surface area (Å²) in [5.74, 6) is 0.708. The molecule has 6 heteroatoms. The number of nitrogens with zero attached hydrogens (tertiary/aromatic N) is 5. The molecular formula is C20H18FN5. The summed E-state index contributed by atoms with van der Waals surface area (Å²) in [6.07, 6.45) is 6.30. The van der Waals surface area contributed by atoms with Crippen molar-refractivity contribution in [2.24, 2.45) is 0 Å². The molecule has 1 aliphatic rings. The van der Waals surface area contributed by atoms with E-state index < -0.39 is 0 Å². The largest absolute Gasteiger partial charge is 0.355 e. The summed E-state index contributed by atoms with van der Waals surface area (Å²) in [7, 11) is 0. The first kappa shape index (κ1) is 15.3. The van der Waals surface area contributed by atoms with E-state index in [0.717, 1.165) is 35.6 Å². The Morgan fingerprint density at radius 3 is 2.81 bits per heavy atom. The Balaban J connectivity index is 1.54. The zero-order valence-corrected chi connectivity index (χ0v) is 14.3. The predicted octanol–water partition coefficient (Wildman–Crippen LogP) is 3.61. The summed E-state index contributed by atoms with van der Waals surface area (Å²) >= 11 is 0. The summed E-state index contributed by atoms with van der Waals surface area (Å²) < 4.78 is 16.4. The summed E-state index contributed by atoms with van der Waals surface area (Å²) in [6.45, 7) is 2.07. The molecule has 130 valence electrons. The minimum absolute atomic E-state index is 0.248. The summed E-state index contributed by atoms with van der Waals surface area (Å²) in [5.41, 5.74) is 2.95. The maximum atomic E-state index is 14.5. The summed E-state index contributed by atoms with van der Waals surface area (Å²) in [6, 6.07) is 11.2. The van der Waals surface area contributed by atoms with Crippen molar-refractivity contribution in [3.63, 3.8) is 0 Å². The fourth-order valence-electron chi connectivity index (χ4n) is 3.62. The highest BCUT2D eigenvalue weighted by molar-refractivity contribution is 5.79. The van der Waals surface area contributed by atoms with E-state index in [9.17, 15) is 4.39 Å². The van der Waals surface area contributed by atoms with Crippen LogP contribution in [0, 0.1) is 5.82 Å². The van der Waals surface area contributed by atoms with Crippen LogP contribution in [0.4, 0.5) is 10.2 Å². The van der Waals surface area contributed by atoms with Gasteiger partial charge in [0.25, 0.3) is 0 Å². The maximum Gasteiger partial charge on any atom is 0.153 e. The molecule has 1 saturated heterocycles. The van der Waals surface area contributed by atoms with Crippen LogP contribution in [0.15, 0.2) is 48.8 Å². The number of pyridine rings is 1. The molecule has 1 fully saturated rings. The molecule has 1 aliphatic heterocycles. The van der Waals surface area contributed by atoms with Gasteiger partial charge in [0.2, 0.25) is 0 Å². The van der Waals surface area contributed by atoms with Gasteiger partial charge in [-0.3, -0.25) is 4.98 Å². The first-order valence-corrected chi connectivity index (χ1v) is 8.90. The number of anilines is 1. The van der Waals surface area contributed by atoms with Gasteiger partial charge in [-0.05, 0) is 42.7 Å². The SMILES string of the molecule is Fc1cc2ncccc2cc1Cc1cnc2ccc(N3CCCC3)nn12. The number of hydrogen-bond donors (Lipinski definition) is 0. The Morgan fingerprint density at radius 2 is 1.92 bits per heavy atom. The van der Waals surface area contributed by atoms with E-state index in [1.54, 1.807) is 12.4 Å². The molecule has 4 heterocycles. The number of aromatic nitrogens is 4. The van der Waals surface area contributed by atoms with Crippen LogP contribution in [0.3, 0.4) is 0 Å². The maximum absolute atomic E-state index is 14.5. The van der Waals surface area contributed by atoms with E-state index in [0.29, 0.717) is 17.5 Å². The van der Waals surface area contributed by atoms with E-state index in [2.05, 4.69) is 14.9 Å². The minimum atomic E-state index is -0.248. The van der Waals surface area contributed by atoms with Crippen molar-refractivity contribution in [2.45, 2.75) is 19.3 Å². The zero-order valence-electron chi connectivity index (χ0n) is 14.3. The number of rotatable bonds is 3. The third kappa shape index (κ3) is 2.58. The molecule has 5 nitrogen and oxygen atoms in total. The standard InChI is InChI=1S/C20H18FN5/c21-17-12-18-14(4-3-7-22-18)10-15(17)11-16-13-23-19-5-6-20(24-26(16)19)25-8-1-2-9-25/h3-7,10,12-13H,1-2,8-9,11H2. The molecule has 4 aromatic rings. The van der Waals surface area contributed by atoms with E-state index >= 15 is 0 Å². The molecule has 0 atom stereocenters. The van der Waals surface area contributed by atoms with Gasteiger partial charge in [-0.15, -0.1) is 5.10 Å². The van der Waals surface area contributed by atoms with Gasteiger partial charge in [-0.25, -0.2) is 13.9 Å². The van der Waals surface area contributed by atoms with Crippen LogP contribution in [0.5, 0.6) is 0 Å². The van der Waals surface area contributed by atoms with Crippen LogP contribution in [0.25, 0.3) is 16.6 Å². The normalized spacial score (nSPS) is 14.6. The van der Waals surface area contributed by atoms with Crippen LogP contribution < -0.4 is 4.90 Å². The lowest BCUT2D eigenvalue weighted by molar-refractivity contribution is 0.614. The topological polar surface area (TPSA) is 46.3 Å². The Hall–Kier alpha value is -3.02. The second-order valence-electron chi connectivity index (χ2n) is 6.72. The molecule has 1 aromatic carbocycles. The molecule has 26 heavy (non-hydrogen) atoms. The molecule has 3 aromatic heterocycles. The third-order valence-electron chi connectivity index (χ3n) is 4.99. The zero-order chi connectivity index (χ0) is 17.5. The van der Waals surface area contributed by atoms with Gasteiger partial charge >= 0.3 is 0 Å². The molecule has 5 rings (SSSR count). The van der Waals surface area contributed by atoms with Crippen molar-refractivity contribution in [1.29, 1.82) is 0 Å². The van der Waals surface area contributed by atoms with E-state index in [1.807, 2.05) is 34.8 Å². The molecule has 0 amide bonds. The second kappa shape index (κ2) is 6.05. The lowest BCUT2D eigenvalue weighted by Gasteiger charge is -2.16. The van der Waals surface area contributed by atoms with Gasteiger partial charge in [-0.2, -0.15) is 0 Å². The van der Waals surface area contributed by atoms with Crippen LogP contribution in [-0.4, -0.2) is 32.7 Å². The lowest BCUT2D eigenvalue weighted by atomic mass is 10.1. The fourth-order valence-corrected chi connectivity index (χ4v) is 3.62. The highest BCUT2D eigenvalue weighted by atomic mass is 19.1. The molecule has 0 N–H and O–H groups in total. The minimum Gasteiger partial charge on any atom is -0.355 e. The first-order valence-electron chi connectivity index (χ1n) is 8.90. The third-order valence-corrected chi connectivity index (χ3v) is 4.99. The number of fused-ring (bicyclic) bond motifs is 2. The Kier molecular flexibility index (Phi) is 3.55. The van der Waals surface area contributed by atoms with Crippen molar-refractivity contribution in [2.75, 3.05) is 18.0 Å². The molecule has 0 radical (unpaired) electrons. The Bertz CT molecular complexity index is 1100. The van der Waals surface area contributed by atoms with Crippen molar-refractivity contribution < 1.29 is 4.39 Å². The quantitative estimate of drug-likeness (QED) is 0.568. The lowest BCUT2D eigenvalue weighted by Crippen LogP contribution is -2.20. The van der Waals surface area contributed by atoms with Gasteiger partial charge in [-0.1, -0.05) is 6.07 Å². The Morgan fingerprint density at radius 1 is 1.04 bits per heavy atom. The number of halogens is 1. The summed E-state index contributed by atoms with van der Waals surface area (Å²) in [4.78, 5) is 10.9. The first-order chi connectivity index (χ1) is 12.8.